The van der Waals surface area contributed by atoms with Crippen LogP contribution < -0.4 is 5.56 Å². The van der Waals surface area contributed by atoms with E-state index in [1.165, 1.54) is 24.0 Å². The quantitative estimate of drug-likeness (QED) is 0.856. The predicted molar refractivity (Wildman–Crippen MR) is 73.6 cm³/mol. The summed E-state index contributed by atoms with van der Waals surface area (Å²) in [5.41, 5.74) is 0.608. The van der Waals surface area contributed by atoms with Crippen molar-refractivity contribution in [2.24, 2.45) is 0 Å². The van der Waals surface area contributed by atoms with E-state index in [1.54, 1.807) is 0 Å². The van der Waals surface area contributed by atoms with Gasteiger partial charge in [-0.3, -0.25) is 9.69 Å². The highest BCUT2D eigenvalue weighted by Crippen LogP contribution is 2.18. The summed E-state index contributed by atoms with van der Waals surface area (Å²) in [5, 5.41) is 0.640. The van der Waals surface area contributed by atoms with Crippen molar-refractivity contribution in [3.8, 4) is 0 Å². The molecule has 0 spiro atoms. The summed E-state index contributed by atoms with van der Waals surface area (Å²) in [6, 6.07) is 5.53. The maximum Gasteiger partial charge on any atom is 0.291 e. The maximum atomic E-state index is 12.2. The van der Waals surface area contributed by atoms with Crippen molar-refractivity contribution >= 4 is 26.9 Å². The topological polar surface area (TPSA) is 38.4 Å². The number of fused-ring (bicyclic) bond motifs is 1. The van der Waals surface area contributed by atoms with Gasteiger partial charge in [-0.1, -0.05) is 22.4 Å². The Bertz CT molecular complexity index is 611. The second kappa shape index (κ2) is 4.90. The number of rotatable bonds is 2. The molecule has 0 amide bonds. The third-order valence-corrected chi connectivity index (χ3v) is 3.88. The Morgan fingerprint density at radius 1 is 1.22 bits per heavy atom. The largest absolute Gasteiger partial charge is 0.374 e. The highest BCUT2D eigenvalue weighted by Gasteiger charge is 2.15. The lowest BCUT2D eigenvalue weighted by Crippen LogP contribution is -2.34. The van der Waals surface area contributed by atoms with E-state index in [4.69, 9.17) is 4.52 Å². The molecule has 18 heavy (non-hydrogen) atoms. The second-order valence-corrected chi connectivity index (χ2v) is 5.65. The first-order valence-electron chi connectivity index (χ1n) is 6.26. The Labute approximate surface area is 113 Å². The normalized spacial score (nSPS) is 17.4. The fourth-order valence-electron chi connectivity index (χ4n) is 2.42. The molecular formula is C13H15BrN2O2. The number of hydrogen-bond acceptors (Lipinski definition) is 3. The van der Waals surface area contributed by atoms with Crippen LogP contribution in [0.3, 0.4) is 0 Å². The molecule has 5 heteroatoms. The molecule has 3 rings (SSSR count). The fourth-order valence-corrected chi connectivity index (χ4v) is 2.78. The Balaban J connectivity index is 1.92. The minimum atomic E-state index is -0.0446. The summed E-state index contributed by atoms with van der Waals surface area (Å²) < 4.78 is 7.96. The number of hydrogen-bond donors (Lipinski definition) is 0. The van der Waals surface area contributed by atoms with Crippen LogP contribution in [-0.4, -0.2) is 22.7 Å². The van der Waals surface area contributed by atoms with Crippen LogP contribution in [0, 0.1) is 0 Å². The molecule has 0 atom stereocenters. The van der Waals surface area contributed by atoms with E-state index in [1.807, 2.05) is 18.2 Å². The average molecular weight is 311 g/mol. The lowest BCUT2D eigenvalue weighted by molar-refractivity contribution is 0.116. The van der Waals surface area contributed by atoms with Gasteiger partial charge in [-0.05, 0) is 44.1 Å². The van der Waals surface area contributed by atoms with Gasteiger partial charge < -0.3 is 4.52 Å². The Morgan fingerprint density at radius 3 is 2.78 bits per heavy atom. The summed E-state index contributed by atoms with van der Waals surface area (Å²) in [4.78, 5) is 14.4. The van der Waals surface area contributed by atoms with Crippen LogP contribution in [-0.2, 0) is 6.67 Å². The number of aromatic nitrogens is 1. The van der Waals surface area contributed by atoms with Crippen molar-refractivity contribution < 1.29 is 4.52 Å². The van der Waals surface area contributed by atoms with Gasteiger partial charge in [0.05, 0.1) is 5.39 Å². The van der Waals surface area contributed by atoms with E-state index < -0.39 is 0 Å². The monoisotopic (exact) mass is 310 g/mol. The smallest absolute Gasteiger partial charge is 0.291 e. The van der Waals surface area contributed by atoms with Gasteiger partial charge in [0.25, 0.3) is 5.56 Å². The molecule has 4 nitrogen and oxygen atoms in total. The zero-order chi connectivity index (χ0) is 12.5. The van der Waals surface area contributed by atoms with Crippen molar-refractivity contribution in [2.75, 3.05) is 13.1 Å². The predicted octanol–water partition coefficient (Wildman–Crippen LogP) is 2.80. The van der Waals surface area contributed by atoms with Crippen molar-refractivity contribution in [3.05, 3.63) is 33.0 Å². The van der Waals surface area contributed by atoms with Crippen molar-refractivity contribution in [2.45, 2.75) is 25.9 Å². The number of halogens is 1. The van der Waals surface area contributed by atoms with E-state index in [0.29, 0.717) is 17.6 Å². The summed E-state index contributed by atoms with van der Waals surface area (Å²) in [7, 11) is 0. The number of nitrogens with zero attached hydrogens (tertiary/aromatic N) is 2. The van der Waals surface area contributed by atoms with E-state index in [0.717, 1.165) is 17.6 Å². The Hall–Kier alpha value is -1.07. The standard InChI is InChI=1S/C13H15BrN2O2/c14-10-4-5-12-11(8-10)13(17)16(18-12)9-15-6-2-1-3-7-15/h4-5,8H,1-3,6-7,9H2. The molecule has 1 aromatic heterocycles. The average Bonchev–Trinajstić information content (AvgIpc) is 2.68. The summed E-state index contributed by atoms with van der Waals surface area (Å²) in [6.07, 6.45) is 3.71. The van der Waals surface area contributed by atoms with Crippen LogP contribution in [0.2, 0.25) is 0 Å². The molecule has 0 unspecified atom stereocenters. The molecule has 0 radical (unpaired) electrons. The number of benzene rings is 1. The molecule has 2 heterocycles. The summed E-state index contributed by atoms with van der Waals surface area (Å²) in [5.74, 6) is 0. The molecule has 1 saturated heterocycles. The third-order valence-electron chi connectivity index (χ3n) is 3.38. The van der Waals surface area contributed by atoms with Gasteiger partial charge in [-0.25, -0.2) is 0 Å². The fraction of sp³-hybridized carbons (Fsp3) is 0.462. The van der Waals surface area contributed by atoms with Gasteiger partial charge in [-0.15, -0.1) is 0 Å². The molecule has 1 aliphatic rings. The molecule has 1 aliphatic heterocycles. The third kappa shape index (κ3) is 2.24. The summed E-state index contributed by atoms with van der Waals surface area (Å²) in [6.45, 7) is 2.66. The van der Waals surface area contributed by atoms with Gasteiger partial charge >= 0.3 is 0 Å². The molecular weight excluding hydrogens is 296 g/mol. The Morgan fingerprint density at radius 2 is 2.00 bits per heavy atom. The van der Waals surface area contributed by atoms with E-state index >= 15 is 0 Å². The van der Waals surface area contributed by atoms with Crippen molar-refractivity contribution in [3.63, 3.8) is 0 Å². The van der Waals surface area contributed by atoms with E-state index in [-0.39, 0.29) is 5.56 Å². The van der Waals surface area contributed by atoms with Gasteiger partial charge in [0.2, 0.25) is 0 Å². The van der Waals surface area contributed by atoms with Crippen LogP contribution >= 0.6 is 15.9 Å². The van der Waals surface area contributed by atoms with Gasteiger partial charge in [0.1, 0.15) is 6.67 Å². The van der Waals surface area contributed by atoms with Crippen LogP contribution in [0.1, 0.15) is 19.3 Å². The highest BCUT2D eigenvalue weighted by molar-refractivity contribution is 9.10. The number of likely N-dealkylation sites (tertiary alicyclic amines) is 1. The second-order valence-electron chi connectivity index (χ2n) is 4.74. The first-order valence-corrected chi connectivity index (χ1v) is 7.05. The van der Waals surface area contributed by atoms with Gasteiger partial charge in [-0.2, -0.15) is 4.74 Å². The number of piperidine rings is 1. The zero-order valence-electron chi connectivity index (χ0n) is 10.1. The SMILES string of the molecule is O=c1c2cc(Br)ccc2on1CN1CCCCC1. The molecule has 0 N–H and O–H groups in total. The molecule has 96 valence electrons. The van der Waals surface area contributed by atoms with Gasteiger partial charge in [0.15, 0.2) is 5.58 Å². The lowest BCUT2D eigenvalue weighted by atomic mass is 10.1. The van der Waals surface area contributed by atoms with Gasteiger partial charge in [0, 0.05) is 4.47 Å². The minimum absolute atomic E-state index is 0.0446. The lowest BCUT2D eigenvalue weighted by Gasteiger charge is -2.25. The molecule has 1 fully saturated rings. The highest BCUT2D eigenvalue weighted by atomic mass is 79.9. The maximum absolute atomic E-state index is 12.2. The molecule has 0 aliphatic carbocycles. The van der Waals surface area contributed by atoms with Crippen LogP contribution in [0.4, 0.5) is 0 Å². The van der Waals surface area contributed by atoms with Crippen molar-refractivity contribution in [1.29, 1.82) is 0 Å². The zero-order valence-corrected chi connectivity index (χ0v) is 11.6. The van der Waals surface area contributed by atoms with E-state index in [9.17, 15) is 4.79 Å². The molecule has 1 aromatic carbocycles. The molecule has 0 bridgehead atoms. The van der Waals surface area contributed by atoms with E-state index in [2.05, 4.69) is 20.8 Å². The molecule has 0 saturated carbocycles. The molecule has 2 aromatic rings. The summed E-state index contributed by atoms with van der Waals surface area (Å²) >= 11 is 3.37. The Kier molecular flexibility index (Phi) is 3.26. The van der Waals surface area contributed by atoms with Crippen LogP contribution in [0.15, 0.2) is 32.0 Å². The first-order chi connectivity index (χ1) is 8.74. The minimum Gasteiger partial charge on any atom is -0.374 e. The van der Waals surface area contributed by atoms with Crippen LogP contribution in [0.5, 0.6) is 0 Å². The van der Waals surface area contributed by atoms with Crippen LogP contribution in [0.25, 0.3) is 11.0 Å². The first kappa shape index (κ1) is 12.0. The van der Waals surface area contributed by atoms with Crippen molar-refractivity contribution in [1.82, 2.24) is 9.64 Å².